The monoisotopic (exact) mass is 390 g/mol. The molecular formula is C20H26N2O6. The first-order chi connectivity index (χ1) is 13.5. The first kappa shape index (κ1) is 20.2. The summed E-state index contributed by atoms with van der Waals surface area (Å²) in [6, 6.07) is 5.24. The summed E-state index contributed by atoms with van der Waals surface area (Å²) in [7, 11) is 4.71. The molecule has 1 aromatic heterocycles. The Bertz CT molecular complexity index is 832. The van der Waals surface area contributed by atoms with E-state index in [0.717, 1.165) is 12.8 Å². The molecule has 1 amide bonds. The average molecular weight is 390 g/mol. The number of aliphatic hydroxyl groups is 1. The number of benzene rings is 1. The number of ether oxygens (including phenoxy) is 3. The number of rotatable bonds is 7. The summed E-state index contributed by atoms with van der Waals surface area (Å²) in [5, 5.41) is 14.2. The van der Waals surface area contributed by atoms with Gasteiger partial charge in [0.25, 0.3) is 5.91 Å². The lowest BCUT2D eigenvalue weighted by Gasteiger charge is -2.24. The predicted molar refractivity (Wildman–Crippen MR) is 102 cm³/mol. The Balaban J connectivity index is 2.06. The molecule has 1 fully saturated rings. The van der Waals surface area contributed by atoms with Gasteiger partial charge in [-0.25, -0.2) is 0 Å². The van der Waals surface area contributed by atoms with Gasteiger partial charge >= 0.3 is 0 Å². The molecule has 2 unspecified atom stereocenters. The maximum absolute atomic E-state index is 13.4. The van der Waals surface area contributed by atoms with Crippen LogP contribution in [0.4, 0.5) is 0 Å². The van der Waals surface area contributed by atoms with Crippen LogP contribution in [0.25, 0.3) is 11.3 Å². The summed E-state index contributed by atoms with van der Waals surface area (Å²) in [4.78, 5) is 15.2. The van der Waals surface area contributed by atoms with Crippen molar-refractivity contribution in [1.29, 1.82) is 0 Å². The van der Waals surface area contributed by atoms with E-state index in [1.54, 1.807) is 44.2 Å². The normalized spacial score (nSPS) is 17.6. The van der Waals surface area contributed by atoms with Crippen LogP contribution in [-0.2, 0) is 4.74 Å². The second-order valence-corrected chi connectivity index (χ2v) is 6.77. The number of aliphatic hydroxyl groups excluding tert-OH is 1. The van der Waals surface area contributed by atoms with Gasteiger partial charge in [0.2, 0.25) is 0 Å². The van der Waals surface area contributed by atoms with Gasteiger partial charge in [0, 0.05) is 19.2 Å². The molecule has 0 saturated carbocycles. The fraction of sp³-hybridized carbons (Fsp3) is 0.500. The number of nitrogens with zero attached hydrogens (tertiary/aromatic N) is 2. The lowest BCUT2D eigenvalue weighted by atomic mass is 10.0. The van der Waals surface area contributed by atoms with Crippen LogP contribution < -0.4 is 9.47 Å². The van der Waals surface area contributed by atoms with E-state index in [9.17, 15) is 9.90 Å². The van der Waals surface area contributed by atoms with E-state index in [2.05, 4.69) is 5.16 Å². The molecule has 2 atom stereocenters. The fourth-order valence-corrected chi connectivity index (χ4v) is 3.59. The minimum atomic E-state index is -0.969. The van der Waals surface area contributed by atoms with Gasteiger partial charge in [-0.05, 0) is 38.0 Å². The number of likely N-dealkylation sites (tertiary alicyclic amines) is 1. The van der Waals surface area contributed by atoms with Gasteiger partial charge in [-0.3, -0.25) is 4.79 Å². The van der Waals surface area contributed by atoms with Gasteiger partial charge < -0.3 is 28.7 Å². The Labute approximate surface area is 164 Å². The summed E-state index contributed by atoms with van der Waals surface area (Å²) in [5.41, 5.74) is 1.27. The van der Waals surface area contributed by atoms with Crippen molar-refractivity contribution in [2.24, 2.45) is 0 Å². The summed E-state index contributed by atoms with van der Waals surface area (Å²) in [6.45, 7) is 2.64. The lowest BCUT2D eigenvalue weighted by molar-refractivity contribution is 0.0621. The molecule has 0 aliphatic carbocycles. The smallest absolute Gasteiger partial charge is 0.260 e. The lowest BCUT2D eigenvalue weighted by Crippen LogP contribution is -2.38. The van der Waals surface area contributed by atoms with Crippen molar-refractivity contribution in [2.75, 3.05) is 34.5 Å². The molecule has 0 bridgehead atoms. The molecule has 0 radical (unpaired) electrons. The first-order valence-electron chi connectivity index (χ1n) is 9.21. The summed E-state index contributed by atoms with van der Waals surface area (Å²) < 4.78 is 21.3. The fourth-order valence-electron chi connectivity index (χ4n) is 3.59. The van der Waals surface area contributed by atoms with Gasteiger partial charge in [0.1, 0.15) is 17.4 Å². The van der Waals surface area contributed by atoms with E-state index >= 15 is 0 Å². The van der Waals surface area contributed by atoms with Crippen LogP contribution in [0.1, 0.15) is 42.0 Å². The molecule has 1 aromatic carbocycles. The zero-order chi connectivity index (χ0) is 20.3. The average Bonchev–Trinajstić information content (AvgIpc) is 3.34. The second kappa shape index (κ2) is 8.62. The SMILES string of the molecule is COCC1CCCN1C(=O)c1c(-c2ccc(OC)c(OC)c2)noc1C(C)O. The van der Waals surface area contributed by atoms with Gasteiger partial charge in [0.05, 0.1) is 26.9 Å². The van der Waals surface area contributed by atoms with Gasteiger partial charge in [-0.1, -0.05) is 5.16 Å². The summed E-state index contributed by atoms with van der Waals surface area (Å²) >= 11 is 0. The zero-order valence-corrected chi connectivity index (χ0v) is 16.6. The van der Waals surface area contributed by atoms with Crippen LogP contribution in [0, 0.1) is 0 Å². The van der Waals surface area contributed by atoms with Crippen molar-refractivity contribution in [3.8, 4) is 22.8 Å². The number of carbonyl (C=O) groups is 1. The molecule has 1 N–H and O–H groups in total. The Hall–Kier alpha value is -2.58. The predicted octanol–water partition coefficient (Wildman–Crippen LogP) is 2.66. The van der Waals surface area contributed by atoms with Crippen LogP contribution in [-0.4, -0.2) is 61.6 Å². The number of hydrogen-bond donors (Lipinski definition) is 1. The number of amides is 1. The standard InChI is InChI=1S/C20H26N2O6/c1-12(23)19-17(20(24)22-9-5-6-14(22)11-25-2)18(21-28-19)13-7-8-15(26-3)16(10-13)27-4/h7-8,10,12,14,23H,5-6,9,11H2,1-4H3. The van der Waals surface area contributed by atoms with Crippen LogP contribution in [0.5, 0.6) is 11.5 Å². The summed E-state index contributed by atoms with van der Waals surface area (Å²) in [5.74, 6) is 1.01. The van der Waals surface area contributed by atoms with E-state index in [4.69, 9.17) is 18.7 Å². The Morgan fingerprint density at radius 3 is 2.71 bits per heavy atom. The second-order valence-electron chi connectivity index (χ2n) is 6.77. The highest BCUT2D eigenvalue weighted by Crippen LogP contribution is 2.36. The van der Waals surface area contributed by atoms with Gasteiger partial charge in [-0.2, -0.15) is 0 Å². The van der Waals surface area contributed by atoms with Crippen molar-refractivity contribution < 1.29 is 28.6 Å². The van der Waals surface area contributed by atoms with Gasteiger partial charge in [0.15, 0.2) is 17.3 Å². The molecule has 8 heteroatoms. The van der Waals surface area contributed by atoms with Gasteiger partial charge in [-0.15, -0.1) is 0 Å². The van der Waals surface area contributed by atoms with Crippen LogP contribution in [0.2, 0.25) is 0 Å². The molecule has 152 valence electrons. The van der Waals surface area contributed by atoms with Crippen LogP contribution in [0.15, 0.2) is 22.7 Å². The third-order valence-electron chi connectivity index (χ3n) is 4.97. The molecule has 28 heavy (non-hydrogen) atoms. The molecule has 8 nitrogen and oxygen atoms in total. The van der Waals surface area contributed by atoms with Crippen molar-refractivity contribution in [3.05, 3.63) is 29.5 Å². The molecule has 1 aliphatic rings. The largest absolute Gasteiger partial charge is 0.493 e. The molecular weight excluding hydrogens is 364 g/mol. The minimum absolute atomic E-state index is 0.00694. The molecule has 1 aliphatic heterocycles. The zero-order valence-electron chi connectivity index (χ0n) is 16.6. The molecule has 2 heterocycles. The number of carbonyl (C=O) groups excluding carboxylic acids is 1. The Kier molecular flexibility index (Phi) is 6.21. The molecule has 1 saturated heterocycles. The highest BCUT2D eigenvalue weighted by Gasteiger charge is 2.35. The summed E-state index contributed by atoms with van der Waals surface area (Å²) in [6.07, 6.45) is 0.810. The van der Waals surface area contributed by atoms with Crippen molar-refractivity contribution in [2.45, 2.75) is 31.9 Å². The van der Waals surface area contributed by atoms with E-state index in [1.165, 1.54) is 7.11 Å². The van der Waals surface area contributed by atoms with E-state index < -0.39 is 6.10 Å². The minimum Gasteiger partial charge on any atom is -0.493 e. The quantitative estimate of drug-likeness (QED) is 0.777. The van der Waals surface area contributed by atoms with E-state index in [1.807, 2.05) is 0 Å². The number of methoxy groups -OCH3 is 3. The maximum Gasteiger partial charge on any atom is 0.260 e. The molecule has 2 aromatic rings. The topological polar surface area (TPSA) is 94.3 Å². The highest BCUT2D eigenvalue weighted by atomic mass is 16.5. The first-order valence-corrected chi connectivity index (χ1v) is 9.21. The highest BCUT2D eigenvalue weighted by molar-refractivity contribution is 6.01. The van der Waals surface area contributed by atoms with E-state index in [0.29, 0.717) is 35.9 Å². The van der Waals surface area contributed by atoms with Crippen LogP contribution in [0.3, 0.4) is 0 Å². The Morgan fingerprint density at radius 2 is 2.07 bits per heavy atom. The number of aromatic nitrogens is 1. The third kappa shape index (κ3) is 3.70. The maximum atomic E-state index is 13.4. The van der Waals surface area contributed by atoms with Crippen LogP contribution >= 0.6 is 0 Å². The number of hydrogen-bond acceptors (Lipinski definition) is 7. The van der Waals surface area contributed by atoms with Crippen molar-refractivity contribution in [1.82, 2.24) is 10.1 Å². The van der Waals surface area contributed by atoms with E-state index in [-0.39, 0.29) is 23.3 Å². The van der Waals surface area contributed by atoms with Crippen molar-refractivity contribution >= 4 is 5.91 Å². The third-order valence-corrected chi connectivity index (χ3v) is 4.97. The van der Waals surface area contributed by atoms with Crippen molar-refractivity contribution in [3.63, 3.8) is 0 Å². The molecule has 0 spiro atoms. The molecule has 3 rings (SSSR count). The Morgan fingerprint density at radius 1 is 1.32 bits per heavy atom.